The number of carbonyl (C=O) groups excluding carboxylic acids is 1. The zero-order valence-corrected chi connectivity index (χ0v) is 11.9. The quantitative estimate of drug-likeness (QED) is 0.877. The van der Waals surface area contributed by atoms with Crippen LogP contribution in [-0.4, -0.2) is 24.4 Å². The molecule has 2 N–H and O–H groups in total. The summed E-state index contributed by atoms with van der Waals surface area (Å²) in [7, 11) is 1.78. The molecule has 0 aliphatic carbocycles. The molecule has 0 saturated carbocycles. The molecule has 0 bridgehead atoms. The van der Waals surface area contributed by atoms with Crippen molar-refractivity contribution in [3.63, 3.8) is 0 Å². The van der Waals surface area contributed by atoms with Gasteiger partial charge in [-0.15, -0.1) is 0 Å². The molecule has 1 amide bonds. The van der Waals surface area contributed by atoms with Crippen molar-refractivity contribution in [2.75, 3.05) is 13.6 Å². The predicted octanol–water partition coefficient (Wildman–Crippen LogP) is 2.38. The zero-order valence-electron chi connectivity index (χ0n) is 10.3. The first-order valence-electron chi connectivity index (χ1n) is 5.75. The van der Waals surface area contributed by atoms with Gasteiger partial charge in [-0.3, -0.25) is 4.79 Å². The molecule has 0 spiro atoms. The highest BCUT2D eigenvalue weighted by atomic mass is 79.9. The highest BCUT2D eigenvalue weighted by Gasteiger charge is 2.15. The third-order valence-electron chi connectivity index (χ3n) is 2.82. The van der Waals surface area contributed by atoms with Crippen LogP contribution in [0.15, 0.2) is 21.2 Å². The topological polar surface area (TPSA) is 59.5 Å². The lowest BCUT2D eigenvalue weighted by Gasteiger charge is -2.19. The number of amides is 1. The summed E-state index contributed by atoms with van der Waals surface area (Å²) in [5.41, 5.74) is 5.59. The summed E-state index contributed by atoms with van der Waals surface area (Å²) in [5.74, 6) is 1.15. The summed E-state index contributed by atoms with van der Waals surface area (Å²) < 4.78 is 6.04. The van der Waals surface area contributed by atoms with Crippen LogP contribution in [0.25, 0.3) is 0 Å². The van der Waals surface area contributed by atoms with Crippen LogP contribution in [0, 0.1) is 5.92 Å². The van der Waals surface area contributed by atoms with Crippen molar-refractivity contribution in [3.8, 4) is 0 Å². The van der Waals surface area contributed by atoms with E-state index in [1.54, 1.807) is 11.9 Å². The van der Waals surface area contributed by atoms with Gasteiger partial charge in [0.25, 0.3) is 0 Å². The van der Waals surface area contributed by atoms with E-state index >= 15 is 0 Å². The van der Waals surface area contributed by atoms with Crippen molar-refractivity contribution < 1.29 is 9.21 Å². The van der Waals surface area contributed by atoms with E-state index in [1.807, 2.05) is 12.1 Å². The number of hydrogen-bond acceptors (Lipinski definition) is 3. The molecular weight excluding hydrogens is 284 g/mol. The monoisotopic (exact) mass is 302 g/mol. The Morgan fingerprint density at radius 3 is 2.76 bits per heavy atom. The summed E-state index contributed by atoms with van der Waals surface area (Å²) in [6.07, 6.45) is 1.44. The average molecular weight is 303 g/mol. The van der Waals surface area contributed by atoms with Gasteiger partial charge < -0.3 is 15.1 Å². The second-order valence-electron chi connectivity index (χ2n) is 4.17. The fourth-order valence-corrected chi connectivity index (χ4v) is 1.90. The van der Waals surface area contributed by atoms with Crippen LogP contribution in [0.5, 0.6) is 0 Å². The number of hydrogen-bond donors (Lipinski definition) is 1. The van der Waals surface area contributed by atoms with Crippen LogP contribution in [-0.2, 0) is 11.3 Å². The predicted molar refractivity (Wildman–Crippen MR) is 70.3 cm³/mol. The van der Waals surface area contributed by atoms with Gasteiger partial charge in [0.05, 0.1) is 6.54 Å². The van der Waals surface area contributed by atoms with E-state index in [1.165, 1.54) is 0 Å². The van der Waals surface area contributed by atoms with Gasteiger partial charge in [0.1, 0.15) is 5.76 Å². The van der Waals surface area contributed by atoms with Crippen LogP contribution >= 0.6 is 15.9 Å². The lowest BCUT2D eigenvalue weighted by atomic mass is 10.0. The van der Waals surface area contributed by atoms with Crippen molar-refractivity contribution in [2.45, 2.75) is 26.3 Å². The van der Waals surface area contributed by atoms with E-state index in [-0.39, 0.29) is 11.8 Å². The zero-order chi connectivity index (χ0) is 12.8. The van der Waals surface area contributed by atoms with Gasteiger partial charge in [0.15, 0.2) is 4.67 Å². The molecule has 96 valence electrons. The van der Waals surface area contributed by atoms with Crippen molar-refractivity contribution in [1.29, 1.82) is 0 Å². The molecule has 0 aromatic carbocycles. The maximum Gasteiger partial charge on any atom is 0.223 e. The smallest absolute Gasteiger partial charge is 0.223 e. The summed E-state index contributed by atoms with van der Waals surface area (Å²) in [6.45, 7) is 3.10. The van der Waals surface area contributed by atoms with Crippen molar-refractivity contribution >= 4 is 21.8 Å². The van der Waals surface area contributed by atoms with Gasteiger partial charge in [-0.2, -0.15) is 0 Å². The van der Waals surface area contributed by atoms with E-state index in [2.05, 4.69) is 22.9 Å². The fraction of sp³-hybridized carbons (Fsp3) is 0.583. The Balaban J connectivity index is 2.46. The van der Waals surface area contributed by atoms with E-state index in [0.29, 0.717) is 24.2 Å². The number of halogens is 1. The molecule has 0 fully saturated rings. The first kappa shape index (κ1) is 14.3. The summed E-state index contributed by atoms with van der Waals surface area (Å²) in [4.78, 5) is 13.6. The summed E-state index contributed by atoms with van der Waals surface area (Å²) >= 11 is 3.24. The highest BCUT2D eigenvalue weighted by Crippen LogP contribution is 2.16. The van der Waals surface area contributed by atoms with Crippen molar-refractivity contribution in [1.82, 2.24) is 4.90 Å². The number of carbonyl (C=O) groups is 1. The minimum atomic E-state index is 0.106. The van der Waals surface area contributed by atoms with E-state index in [0.717, 1.165) is 12.2 Å². The molecule has 1 aromatic rings. The Kier molecular flexibility index (Phi) is 5.71. The summed E-state index contributed by atoms with van der Waals surface area (Å²) in [5, 5.41) is 0. The first-order chi connectivity index (χ1) is 8.06. The van der Waals surface area contributed by atoms with E-state index in [9.17, 15) is 4.79 Å². The number of furan rings is 1. The maximum absolute atomic E-state index is 11.9. The minimum Gasteiger partial charge on any atom is -0.452 e. The fourth-order valence-electron chi connectivity index (χ4n) is 1.56. The van der Waals surface area contributed by atoms with Crippen LogP contribution in [0.4, 0.5) is 0 Å². The van der Waals surface area contributed by atoms with Gasteiger partial charge >= 0.3 is 0 Å². The molecule has 1 unspecified atom stereocenters. The second-order valence-corrected chi connectivity index (χ2v) is 4.95. The van der Waals surface area contributed by atoms with Gasteiger partial charge in [-0.05, 0) is 40.5 Å². The van der Waals surface area contributed by atoms with Crippen LogP contribution < -0.4 is 5.73 Å². The standard InChI is InChI=1S/C12H19BrN2O2/c1-3-9(7-14)6-12(16)15(2)8-10-4-5-11(13)17-10/h4-5,9H,3,6-8,14H2,1-2H3. The largest absolute Gasteiger partial charge is 0.452 e. The molecule has 1 atom stereocenters. The molecule has 0 aliphatic heterocycles. The number of rotatable bonds is 6. The molecule has 17 heavy (non-hydrogen) atoms. The summed E-state index contributed by atoms with van der Waals surface area (Å²) in [6, 6.07) is 3.68. The normalized spacial score (nSPS) is 12.5. The number of nitrogens with two attached hydrogens (primary N) is 1. The maximum atomic E-state index is 11.9. The average Bonchev–Trinajstić information content (AvgIpc) is 2.71. The van der Waals surface area contributed by atoms with Gasteiger partial charge in [0, 0.05) is 13.5 Å². The Morgan fingerprint density at radius 1 is 1.59 bits per heavy atom. The van der Waals surface area contributed by atoms with E-state index in [4.69, 9.17) is 10.2 Å². The molecule has 0 aliphatic rings. The lowest BCUT2D eigenvalue weighted by Crippen LogP contribution is -2.29. The molecule has 4 nitrogen and oxygen atoms in total. The van der Waals surface area contributed by atoms with Crippen molar-refractivity contribution in [2.24, 2.45) is 11.7 Å². The van der Waals surface area contributed by atoms with Crippen LogP contribution in [0.2, 0.25) is 0 Å². The molecule has 0 saturated heterocycles. The van der Waals surface area contributed by atoms with Gasteiger partial charge in [0.2, 0.25) is 5.91 Å². The van der Waals surface area contributed by atoms with Crippen molar-refractivity contribution in [3.05, 3.63) is 22.6 Å². The first-order valence-corrected chi connectivity index (χ1v) is 6.54. The minimum absolute atomic E-state index is 0.106. The molecule has 5 heteroatoms. The molecule has 1 rings (SSSR count). The molecular formula is C12H19BrN2O2. The lowest BCUT2D eigenvalue weighted by molar-refractivity contribution is -0.131. The second kappa shape index (κ2) is 6.81. The van der Waals surface area contributed by atoms with Gasteiger partial charge in [-0.1, -0.05) is 13.3 Å². The van der Waals surface area contributed by atoms with E-state index < -0.39 is 0 Å². The third-order valence-corrected chi connectivity index (χ3v) is 3.25. The van der Waals surface area contributed by atoms with Crippen LogP contribution in [0.1, 0.15) is 25.5 Å². The van der Waals surface area contributed by atoms with Crippen LogP contribution in [0.3, 0.4) is 0 Å². The Bertz CT molecular complexity index is 361. The number of nitrogens with zero attached hydrogens (tertiary/aromatic N) is 1. The Labute approximate surface area is 110 Å². The SMILES string of the molecule is CCC(CN)CC(=O)N(C)Cc1ccc(Br)o1. The van der Waals surface area contributed by atoms with Gasteiger partial charge in [-0.25, -0.2) is 0 Å². The Morgan fingerprint density at radius 2 is 2.29 bits per heavy atom. The Hall–Kier alpha value is -0.810. The molecule has 1 heterocycles. The molecule has 0 radical (unpaired) electrons. The third kappa shape index (κ3) is 4.52. The molecule has 1 aromatic heterocycles. The highest BCUT2D eigenvalue weighted by molar-refractivity contribution is 9.10.